The van der Waals surface area contributed by atoms with Crippen LogP contribution in [0.3, 0.4) is 0 Å². The van der Waals surface area contributed by atoms with E-state index in [9.17, 15) is 9.59 Å². The molecule has 2 aromatic carbocycles. The van der Waals surface area contributed by atoms with Gasteiger partial charge in [-0.1, -0.05) is 75.8 Å². The number of anilines is 1. The number of thioether (sulfide) groups is 1. The smallest absolute Gasteiger partial charge is 0.266 e. The molecule has 0 aliphatic carbocycles. The van der Waals surface area contributed by atoms with Crippen molar-refractivity contribution in [1.82, 2.24) is 4.90 Å². The van der Waals surface area contributed by atoms with Gasteiger partial charge in [0.2, 0.25) is 5.91 Å². The second-order valence-electron chi connectivity index (χ2n) is 6.05. The first-order valence-corrected chi connectivity index (χ1v) is 10.3. The molecule has 1 N–H and O–H groups in total. The zero-order valence-corrected chi connectivity index (χ0v) is 17.8. The van der Waals surface area contributed by atoms with E-state index in [1.807, 2.05) is 61.5 Å². The molecule has 1 heterocycles. The summed E-state index contributed by atoms with van der Waals surface area (Å²) in [6, 6.07) is 15.3. The SMILES string of the molecule is Cc1ccc(C=C2SC(=S)N(CCC(=O)Nc3cccc(Br)c3)C2=O)cc1. The van der Waals surface area contributed by atoms with Gasteiger partial charge in [-0.25, -0.2) is 0 Å². The second kappa shape index (κ2) is 8.82. The van der Waals surface area contributed by atoms with Gasteiger partial charge in [0.1, 0.15) is 4.32 Å². The van der Waals surface area contributed by atoms with Gasteiger partial charge < -0.3 is 5.32 Å². The summed E-state index contributed by atoms with van der Waals surface area (Å²) >= 11 is 9.96. The van der Waals surface area contributed by atoms with E-state index in [2.05, 4.69) is 21.2 Å². The molecule has 2 aromatic rings. The van der Waals surface area contributed by atoms with Crippen molar-refractivity contribution >= 4 is 67.8 Å². The predicted molar refractivity (Wildman–Crippen MR) is 118 cm³/mol. The van der Waals surface area contributed by atoms with E-state index in [0.29, 0.717) is 14.9 Å². The van der Waals surface area contributed by atoms with E-state index in [4.69, 9.17) is 12.2 Å². The molecule has 3 rings (SSSR count). The molecule has 4 nitrogen and oxygen atoms in total. The number of amides is 2. The van der Waals surface area contributed by atoms with Gasteiger partial charge in [-0.3, -0.25) is 14.5 Å². The van der Waals surface area contributed by atoms with Crippen LogP contribution in [0, 0.1) is 6.92 Å². The lowest BCUT2D eigenvalue weighted by Gasteiger charge is -2.14. The topological polar surface area (TPSA) is 49.4 Å². The molecular weight excluding hydrogens is 444 g/mol. The van der Waals surface area contributed by atoms with Crippen LogP contribution in [0.15, 0.2) is 57.9 Å². The van der Waals surface area contributed by atoms with Crippen LogP contribution in [-0.2, 0) is 9.59 Å². The number of carbonyl (C=O) groups is 2. The molecule has 27 heavy (non-hydrogen) atoms. The van der Waals surface area contributed by atoms with Crippen LogP contribution in [0.1, 0.15) is 17.5 Å². The van der Waals surface area contributed by atoms with Crippen molar-refractivity contribution < 1.29 is 9.59 Å². The third-order valence-corrected chi connectivity index (χ3v) is 5.79. The molecular formula is C20H17BrN2O2S2. The van der Waals surface area contributed by atoms with Crippen molar-refractivity contribution in [3.8, 4) is 0 Å². The van der Waals surface area contributed by atoms with Gasteiger partial charge in [0.25, 0.3) is 5.91 Å². The number of aryl methyl sites for hydroxylation is 1. The van der Waals surface area contributed by atoms with E-state index < -0.39 is 0 Å². The second-order valence-corrected chi connectivity index (χ2v) is 8.64. The molecule has 0 atom stereocenters. The summed E-state index contributed by atoms with van der Waals surface area (Å²) in [6.07, 6.45) is 2.01. The summed E-state index contributed by atoms with van der Waals surface area (Å²) < 4.78 is 1.37. The first-order valence-electron chi connectivity index (χ1n) is 8.30. The van der Waals surface area contributed by atoms with E-state index in [1.165, 1.54) is 16.7 Å². The standard InChI is InChI=1S/C20H17BrN2O2S2/c1-13-5-7-14(8-6-13)11-17-19(25)23(20(26)27-17)10-9-18(24)22-16-4-2-3-15(21)12-16/h2-8,11-12H,9-10H2,1H3,(H,22,24). The number of halogens is 1. The first kappa shape index (κ1) is 19.8. The summed E-state index contributed by atoms with van der Waals surface area (Å²) in [5, 5.41) is 2.82. The molecule has 1 aliphatic heterocycles. The maximum Gasteiger partial charge on any atom is 0.266 e. The normalized spacial score (nSPS) is 15.5. The predicted octanol–water partition coefficient (Wildman–Crippen LogP) is 4.99. The zero-order valence-electron chi connectivity index (χ0n) is 14.6. The molecule has 1 aliphatic rings. The Kier molecular flexibility index (Phi) is 6.46. The molecule has 1 saturated heterocycles. The molecule has 0 radical (unpaired) electrons. The van der Waals surface area contributed by atoms with E-state index >= 15 is 0 Å². The summed E-state index contributed by atoms with van der Waals surface area (Å²) in [5.74, 6) is -0.314. The maximum absolute atomic E-state index is 12.6. The highest BCUT2D eigenvalue weighted by Crippen LogP contribution is 2.32. The fourth-order valence-corrected chi connectivity index (χ4v) is 4.22. The number of nitrogens with zero attached hydrogens (tertiary/aromatic N) is 1. The van der Waals surface area contributed by atoms with Crippen molar-refractivity contribution in [3.63, 3.8) is 0 Å². The molecule has 0 unspecified atom stereocenters. The number of benzene rings is 2. The number of carbonyl (C=O) groups excluding carboxylic acids is 2. The Labute approximate surface area is 176 Å². The molecule has 0 saturated carbocycles. The monoisotopic (exact) mass is 460 g/mol. The highest BCUT2D eigenvalue weighted by molar-refractivity contribution is 9.10. The van der Waals surface area contributed by atoms with Crippen LogP contribution in [-0.4, -0.2) is 27.6 Å². The Balaban J connectivity index is 1.60. The van der Waals surface area contributed by atoms with E-state index in [1.54, 1.807) is 0 Å². The lowest BCUT2D eigenvalue weighted by molar-refractivity contribution is -0.122. The molecule has 0 spiro atoms. The number of nitrogens with one attached hydrogen (secondary N) is 1. The molecule has 0 aromatic heterocycles. The van der Waals surface area contributed by atoms with Crippen LogP contribution in [0.2, 0.25) is 0 Å². The van der Waals surface area contributed by atoms with Crippen LogP contribution >= 0.6 is 39.9 Å². The van der Waals surface area contributed by atoms with Gasteiger partial charge in [0.15, 0.2) is 0 Å². The van der Waals surface area contributed by atoms with Crippen molar-refractivity contribution in [2.45, 2.75) is 13.3 Å². The summed E-state index contributed by atoms with van der Waals surface area (Å²) in [4.78, 5) is 26.8. The van der Waals surface area contributed by atoms with Gasteiger partial charge in [-0.05, 0) is 36.8 Å². The summed E-state index contributed by atoms with van der Waals surface area (Å²) in [7, 11) is 0. The molecule has 138 valence electrons. The molecule has 7 heteroatoms. The Morgan fingerprint density at radius 3 is 2.70 bits per heavy atom. The van der Waals surface area contributed by atoms with Gasteiger partial charge in [-0.15, -0.1) is 0 Å². The first-order chi connectivity index (χ1) is 12.9. The van der Waals surface area contributed by atoms with Crippen molar-refractivity contribution in [2.75, 3.05) is 11.9 Å². The van der Waals surface area contributed by atoms with E-state index in [0.717, 1.165) is 15.6 Å². The summed E-state index contributed by atoms with van der Waals surface area (Å²) in [5.41, 5.74) is 2.82. The number of hydrogen-bond acceptors (Lipinski definition) is 4. The molecule has 2 amide bonds. The Morgan fingerprint density at radius 2 is 2.00 bits per heavy atom. The minimum atomic E-state index is -0.162. The van der Waals surface area contributed by atoms with E-state index in [-0.39, 0.29) is 24.8 Å². The average Bonchev–Trinajstić information content (AvgIpc) is 2.88. The molecule has 1 fully saturated rings. The van der Waals surface area contributed by atoms with Crippen LogP contribution in [0.4, 0.5) is 5.69 Å². The third kappa shape index (κ3) is 5.28. The largest absolute Gasteiger partial charge is 0.326 e. The average molecular weight is 461 g/mol. The van der Waals surface area contributed by atoms with Crippen molar-refractivity contribution in [1.29, 1.82) is 0 Å². The minimum absolute atomic E-state index is 0.152. The fourth-order valence-electron chi connectivity index (χ4n) is 2.51. The minimum Gasteiger partial charge on any atom is -0.326 e. The number of rotatable bonds is 5. The summed E-state index contributed by atoms with van der Waals surface area (Å²) in [6.45, 7) is 2.28. The zero-order chi connectivity index (χ0) is 19.4. The Hall–Kier alpha value is -1.96. The van der Waals surface area contributed by atoms with Crippen molar-refractivity contribution in [3.05, 3.63) is 69.0 Å². The van der Waals surface area contributed by atoms with Crippen LogP contribution < -0.4 is 5.32 Å². The quantitative estimate of drug-likeness (QED) is 0.504. The number of hydrogen-bond donors (Lipinski definition) is 1. The Morgan fingerprint density at radius 1 is 1.26 bits per heavy atom. The highest BCUT2D eigenvalue weighted by atomic mass is 79.9. The maximum atomic E-state index is 12.6. The van der Waals surface area contributed by atoms with Crippen molar-refractivity contribution in [2.24, 2.45) is 0 Å². The Bertz CT molecular complexity index is 926. The highest BCUT2D eigenvalue weighted by Gasteiger charge is 2.32. The molecule has 0 bridgehead atoms. The van der Waals surface area contributed by atoms with Gasteiger partial charge in [-0.2, -0.15) is 0 Å². The van der Waals surface area contributed by atoms with Crippen LogP contribution in [0.25, 0.3) is 6.08 Å². The lowest BCUT2D eigenvalue weighted by atomic mass is 10.1. The van der Waals surface area contributed by atoms with Crippen LogP contribution in [0.5, 0.6) is 0 Å². The fraction of sp³-hybridized carbons (Fsp3) is 0.150. The van der Waals surface area contributed by atoms with Gasteiger partial charge in [0.05, 0.1) is 4.91 Å². The lowest BCUT2D eigenvalue weighted by Crippen LogP contribution is -2.31. The van der Waals surface area contributed by atoms with Gasteiger partial charge >= 0.3 is 0 Å². The van der Waals surface area contributed by atoms with Gasteiger partial charge in [0, 0.05) is 23.1 Å². The third-order valence-electron chi connectivity index (χ3n) is 3.92. The number of thiocarbonyl (C=S) groups is 1.